The van der Waals surface area contributed by atoms with Crippen LogP contribution in [0.4, 0.5) is 0 Å². The van der Waals surface area contributed by atoms with Crippen LogP contribution in [0.2, 0.25) is 0 Å². The number of primary amides is 1. The van der Waals surface area contributed by atoms with Gasteiger partial charge in [0.2, 0.25) is 23.6 Å². The first-order valence-electron chi connectivity index (χ1n) is 18.4. The fraction of sp³-hybridized carbons (Fsp3) is 0.525. The first kappa shape index (κ1) is 40.6. The Morgan fingerprint density at radius 3 is 2.17 bits per heavy atom. The molecule has 0 aliphatic carbocycles. The molecule has 7 N–H and O–H groups in total. The van der Waals surface area contributed by atoms with Gasteiger partial charge in [-0.25, -0.2) is 4.98 Å². The van der Waals surface area contributed by atoms with Gasteiger partial charge in [0.25, 0.3) is 0 Å². The van der Waals surface area contributed by atoms with E-state index in [2.05, 4.69) is 39.9 Å². The van der Waals surface area contributed by atoms with Crippen LogP contribution < -0.4 is 22.1 Å². The van der Waals surface area contributed by atoms with E-state index in [9.17, 15) is 24.3 Å². The van der Waals surface area contributed by atoms with E-state index in [-0.39, 0.29) is 55.6 Å². The molecule has 12 heteroatoms. The summed E-state index contributed by atoms with van der Waals surface area (Å²) < 4.78 is 0. The fourth-order valence-electron chi connectivity index (χ4n) is 6.54. The van der Waals surface area contributed by atoms with Crippen molar-refractivity contribution in [3.63, 3.8) is 0 Å². The Balaban J connectivity index is 1.23. The van der Waals surface area contributed by atoms with Crippen LogP contribution in [0, 0.1) is 12.3 Å². The second-order valence-electron chi connectivity index (χ2n) is 15.1. The van der Waals surface area contributed by atoms with Crippen molar-refractivity contribution in [2.75, 3.05) is 6.54 Å². The summed E-state index contributed by atoms with van der Waals surface area (Å²) in [5, 5.41) is 16.4. The molecule has 4 atom stereocenters. The van der Waals surface area contributed by atoms with E-state index in [4.69, 9.17) is 11.5 Å². The number of nitrogens with one attached hydrogen (secondary N) is 2. The van der Waals surface area contributed by atoms with Crippen LogP contribution in [0.5, 0.6) is 0 Å². The van der Waals surface area contributed by atoms with Crippen LogP contribution in [-0.2, 0) is 38.6 Å². The lowest BCUT2D eigenvalue weighted by Crippen LogP contribution is -2.57. The predicted octanol–water partition coefficient (Wildman–Crippen LogP) is 4.56. The van der Waals surface area contributed by atoms with E-state index in [0.717, 1.165) is 53.8 Å². The molecule has 1 aliphatic heterocycles. The maximum absolute atomic E-state index is 13.9. The third-order valence-corrected chi connectivity index (χ3v) is 10.6. The highest BCUT2D eigenvalue weighted by Gasteiger charge is 2.44. The summed E-state index contributed by atoms with van der Waals surface area (Å²) in [7, 11) is 0. The van der Waals surface area contributed by atoms with Crippen molar-refractivity contribution in [1.29, 1.82) is 0 Å². The van der Waals surface area contributed by atoms with Gasteiger partial charge in [-0.15, -0.1) is 11.3 Å². The van der Waals surface area contributed by atoms with Gasteiger partial charge in [-0.2, -0.15) is 0 Å². The third-order valence-electron chi connectivity index (χ3n) is 9.66. The Morgan fingerprint density at radius 2 is 1.58 bits per heavy atom. The number of rotatable bonds is 18. The summed E-state index contributed by atoms with van der Waals surface area (Å²) in [5.74, 6) is -1.23. The molecule has 0 bridgehead atoms. The van der Waals surface area contributed by atoms with E-state index in [1.54, 1.807) is 11.3 Å². The number of aliphatic hydroxyl groups excluding tert-OH is 1. The minimum atomic E-state index is -0.853. The largest absolute Gasteiger partial charge is 0.391 e. The Hall–Kier alpha value is -4.13. The molecule has 52 heavy (non-hydrogen) atoms. The quantitative estimate of drug-likeness (QED) is 0.119. The summed E-state index contributed by atoms with van der Waals surface area (Å²) in [6.07, 6.45) is 5.57. The maximum Gasteiger partial charge on any atom is 0.246 e. The highest BCUT2D eigenvalue weighted by atomic mass is 32.1. The topological polar surface area (TPSA) is 181 Å². The number of aromatic nitrogens is 1. The lowest BCUT2D eigenvalue weighted by molar-refractivity contribution is -0.144. The number of likely N-dealkylation sites (tertiary alicyclic amines) is 1. The van der Waals surface area contributed by atoms with Gasteiger partial charge < -0.3 is 32.1 Å². The molecule has 3 aromatic rings. The van der Waals surface area contributed by atoms with Gasteiger partial charge in [-0.1, -0.05) is 69.3 Å². The average molecular weight is 733 g/mol. The molecule has 0 saturated carbocycles. The van der Waals surface area contributed by atoms with Crippen molar-refractivity contribution < 1.29 is 24.3 Å². The molecule has 282 valence electrons. The molecule has 4 amide bonds. The van der Waals surface area contributed by atoms with Crippen LogP contribution in [0.25, 0.3) is 10.4 Å². The lowest BCUT2D eigenvalue weighted by Gasteiger charge is -2.35. The summed E-state index contributed by atoms with van der Waals surface area (Å²) in [5.41, 5.74) is 17.9. The van der Waals surface area contributed by atoms with Crippen molar-refractivity contribution in [1.82, 2.24) is 20.5 Å². The molecule has 0 radical (unpaired) electrons. The standard InChI is InChI=1S/C40H56N6O5S/c1-26-36(52-25-44-26)30-18-16-29(17-19-30)23-43-38(50)33-22-32(47)24-46(33)39(51)37(40(2,3)4)45-35(49)11-6-5-8-27-12-14-28(15-13-27)9-7-10-31(41)20-21-34(42)48/h12-19,25,31-33,37,47H,5-11,20-24,41H2,1-4H3,(H2,42,48)(H,43,50)(H,45,49)/t31-,32-,33+,37-/m1/s1. The zero-order valence-corrected chi connectivity index (χ0v) is 31.8. The molecule has 4 rings (SSSR count). The van der Waals surface area contributed by atoms with Crippen molar-refractivity contribution in [2.24, 2.45) is 16.9 Å². The zero-order valence-electron chi connectivity index (χ0n) is 31.0. The monoisotopic (exact) mass is 732 g/mol. The van der Waals surface area contributed by atoms with Crippen molar-refractivity contribution in [3.8, 4) is 10.4 Å². The number of nitrogens with two attached hydrogens (primary N) is 2. The molecule has 1 aromatic heterocycles. The summed E-state index contributed by atoms with van der Waals surface area (Å²) in [6, 6.07) is 14.7. The van der Waals surface area contributed by atoms with Crippen LogP contribution in [-0.4, -0.2) is 69.4 Å². The molecule has 11 nitrogen and oxygen atoms in total. The summed E-state index contributed by atoms with van der Waals surface area (Å²) >= 11 is 1.58. The molecule has 0 spiro atoms. The van der Waals surface area contributed by atoms with E-state index < -0.39 is 23.6 Å². The summed E-state index contributed by atoms with van der Waals surface area (Å²) in [4.78, 5) is 58.2. The van der Waals surface area contributed by atoms with Crippen LogP contribution >= 0.6 is 11.3 Å². The van der Waals surface area contributed by atoms with Crippen LogP contribution in [0.1, 0.15) is 94.5 Å². The highest BCUT2D eigenvalue weighted by Crippen LogP contribution is 2.28. The van der Waals surface area contributed by atoms with E-state index in [1.165, 1.54) is 16.0 Å². The number of hydrogen-bond donors (Lipinski definition) is 5. The minimum Gasteiger partial charge on any atom is -0.391 e. The zero-order chi connectivity index (χ0) is 37.8. The number of benzene rings is 2. The molecule has 2 aromatic carbocycles. The number of aryl methyl sites for hydroxylation is 3. The van der Waals surface area contributed by atoms with Crippen LogP contribution in [0.15, 0.2) is 54.0 Å². The number of β-amino-alcohol motifs (C(OH)–C–C–N with tert-alkyl or cyclic N) is 1. The number of unbranched alkanes of at least 4 members (excludes halogenated alkanes) is 1. The lowest BCUT2D eigenvalue weighted by atomic mass is 9.85. The molecule has 1 aliphatic rings. The minimum absolute atomic E-state index is 0.0165. The molecular weight excluding hydrogens is 677 g/mol. The molecular formula is C40H56N6O5S. The molecule has 1 fully saturated rings. The van der Waals surface area contributed by atoms with Crippen molar-refractivity contribution in [3.05, 3.63) is 76.4 Å². The Bertz CT molecular complexity index is 1630. The average Bonchev–Trinajstić information content (AvgIpc) is 3.72. The molecule has 2 heterocycles. The van der Waals surface area contributed by atoms with E-state index in [1.807, 2.05) is 57.5 Å². The van der Waals surface area contributed by atoms with Gasteiger partial charge in [0, 0.05) is 38.4 Å². The number of thiazole rings is 1. The normalized spacial score (nSPS) is 17.1. The second kappa shape index (κ2) is 19.1. The van der Waals surface area contributed by atoms with Gasteiger partial charge in [-0.3, -0.25) is 19.2 Å². The predicted molar refractivity (Wildman–Crippen MR) is 205 cm³/mol. The molecule has 1 saturated heterocycles. The third kappa shape index (κ3) is 12.2. The first-order chi connectivity index (χ1) is 24.7. The smallest absolute Gasteiger partial charge is 0.246 e. The number of amides is 4. The number of carbonyl (C=O) groups is 4. The van der Waals surface area contributed by atoms with Gasteiger partial charge in [0.15, 0.2) is 0 Å². The first-order valence-corrected chi connectivity index (χ1v) is 19.3. The maximum atomic E-state index is 13.9. The van der Waals surface area contributed by atoms with Gasteiger partial charge in [0.05, 0.1) is 22.2 Å². The van der Waals surface area contributed by atoms with Crippen LogP contribution in [0.3, 0.4) is 0 Å². The highest BCUT2D eigenvalue weighted by molar-refractivity contribution is 7.13. The summed E-state index contributed by atoms with van der Waals surface area (Å²) in [6.45, 7) is 7.95. The van der Waals surface area contributed by atoms with E-state index in [0.29, 0.717) is 19.3 Å². The fourth-order valence-corrected chi connectivity index (χ4v) is 7.35. The van der Waals surface area contributed by atoms with Gasteiger partial charge >= 0.3 is 0 Å². The van der Waals surface area contributed by atoms with Crippen molar-refractivity contribution in [2.45, 2.75) is 123 Å². The van der Waals surface area contributed by atoms with E-state index >= 15 is 0 Å². The number of hydrogen-bond acceptors (Lipinski definition) is 8. The SMILES string of the molecule is Cc1ncsc1-c1ccc(CNC(=O)[C@@H]2C[C@@H](O)CN2C(=O)[C@@H](NC(=O)CCCCc2ccc(CCC[C@@H](N)CCC(N)=O)cc2)C(C)(C)C)cc1. The Labute approximate surface area is 312 Å². The second-order valence-corrected chi connectivity index (χ2v) is 16.0. The number of aliphatic hydroxyl groups is 1. The Kier molecular flexibility index (Phi) is 14.9. The number of carbonyl (C=O) groups excluding carboxylic acids is 4. The molecule has 0 unspecified atom stereocenters. The number of nitrogens with zero attached hydrogens (tertiary/aromatic N) is 2. The Morgan fingerprint density at radius 1 is 0.942 bits per heavy atom. The van der Waals surface area contributed by atoms with Crippen molar-refractivity contribution >= 4 is 35.0 Å². The van der Waals surface area contributed by atoms with Gasteiger partial charge in [-0.05, 0) is 79.5 Å². The van der Waals surface area contributed by atoms with Gasteiger partial charge in [0.1, 0.15) is 12.1 Å².